The number of rotatable bonds is 8. The van der Waals surface area contributed by atoms with E-state index in [4.69, 9.17) is 0 Å². The van der Waals surface area contributed by atoms with E-state index in [2.05, 4.69) is 31.9 Å². The molecule has 1 unspecified atom stereocenters. The summed E-state index contributed by atoms with van der Waals surface area (Å²) < 4.78 is 63.7. The van der Waals surface area contributed by atoms with Crippen molar-refractivity contribution in [2.24, 2.45) is 11.3 Å². The van der Waals surface area contributed by atoms with Crippen molar-refractivity contribution < 1.29 is 26.7 Å². The third-order valence-electron chi connectivity index (χ3n) is 9.04. The summed E-state index contributed by atoms with van der Waals surface area (Å²) in [6, 6.07) is 9.79. The number of aliphatic hydroxyl groups is 1. The van der Waals surface area contributed by atoms with Crippen molar-refractivity contribution in [3.05, 3.63) is 52.7 Å². The summed E-state index contributed by atoms with van der Waals surface area (Å²) in [5.74, 6) is 1.33. The molecule has 4 heterocycles. The SMILES string of the molecule is CS(=O)(=O)N1CCN(CC(O)c2ccc(CC3CC4(CCN(c5ncnc6sc(CC(F)(F)F)cc56)C4)C3)cc2)CC1. The van der Waals surface area contributed by atoms with Crippen molar-refractivity contribution in [3.8, 4) is 0 Å². The molecular weight excluding hydrogens is 587 g/mol. The molecule has 42 heavy (non-hydrogen) atoms. The Hall–Kier alpha value is -2.32. The van der Waals surface area contributed by atoms with Crippen molar-refractivity contribution >= 4 is 37.4 Å². The number of fused-ring (bicyclic) bond motifs is 1. The number of nitrogens with zero attached hydrogens (tertiary/aromatic N) is 5. The average molecular weight is 624 g/mol. The van der Waals surface area contributed by atoms with E-state index in [1.54, 1.807) is 6.07 Å². The number of piperazine rings is 1. The average Bonchev–Trinajstić information content (AvgIpc) is 3.52. The third-order valence-corrected chi connectivity index (χ3v) is 11.4. The number of benzene rings is 1. The van der Waals surface area contributed by atoms with Crippen LogP contribution in [0.25, 0.3) is 10.2 Å². The van der Waals surface area contributed by atoms with Gasteiger partial charge in [-0.3, -0.25) is 4.90 Å². The summed E-state index contributed by atoms with van der Waals surface area (Å²) in [5.41, 5.74) is 2.34. The number of thiophene rings is 1. The van der Waals surface area contributed by atoms with Gasteiger partial charge >= 0.3 is 6.18 Å². The van der Waals surface area contributed by atoms with Gasteiger partial charge < -0.3 is 10.0 Å². The number of hydrogen-bond acceptors (Lipinski definition) is 8. The molecule has 1 aliphatic carbocycles. The normalized spacial score (nSPS) is 24.9. The van der Waals surface area contributed by atoms with Crippen LogP contribution in [0.2, 0.25) is 0 Å². The third kappa shape index (κ3) is 6.59. The molecule has 0 radical (unpaired) electrons. The highest BCUT2D eigenvalue weighted by molar-refractivity contribution is 7.88. The molecule has 1 atom stereocenters. The van der Waals surface area contributed by atoms with Crippen molar-refractivity contribution in [3.63, 3.8) is 0 Å². The topological polar surface area (TPSA) is 89.9 Å². The standard InChI is InChI=1S/C29H36F3N5O3S2/c1-42(39,40)37-10-8-35(9-11-37)17-25(38)22-4-2-20(3-5-22)12-21-14-28(15-21)6-7-36(18-28)26-24-13-23(16-29(30,31)32)41-27(24)34-19-33-26/h2-5,13,19,21,25,38H,6-12,14-18H2,1H3. The predicted octanol–water partition coefficient (Wildman–Crippen LogP) is 4.26. The second-order valence-corrected chi connectivity index (χ2v) is 15.4. The van der Waals surface area contributed by atoms with Crippen LogP contribution in [0.3, 0.4) is 0 Å². The fourth-order valence-corrected chi connectivity index (χ4v) is 8.84. The monoisotopic (exact) mass is 623 g/mol. The van der Waals surface area contributed by atoms with E-state index >= 15 is 0 Å². The van der Waals surface area contributed by atoms with Crippen LogP contribution in [-0.4, -0.2) is 90.9 Å². The van der Waals surface area contributed by atoms with Gasteiger partial charge in [0.25, 0.3) is 0 Å². The van der Waals surface area contributed by atoms with Gasteiger partial charge in [-0.05, 0) is 54.2 Å². The lowest BCUT2D eigenvalue weighted by atomic mass is 9.60. The Morgan fingerprint density at radius 1 is 1.10 bits per heavy atom. The summed E-state index contributed by atoms with van der Waals surface area (Å²) in [4.78, 5) is 13.9. The molecule has 1 N–H and O–H groups in total. The fourth-order valence-electron chi connectivity index (χ4n) is 6.99. The lowest BCUT2D eigenvalue weighted by molar-refractivity contribution is -0.126. The lowest BCUT2D eigenvalue weighted by Gasteiger charge is -2.45. The Labute approximate surface area is 248 Å². The number of anilines is 1. The number of aliphatic hydroxyl groups excluding tert-OH is 1. The highest BCUT2D eigenvalue weighted by atomic mass is 32.2. The number of alkyl halides is 3. The van der Waals surface area contributed by atoms with E-state index < -0.39 is 28.7 Å². The largest absolute Gasteiger partial charge is 0.393 e. The maximum atomic E-state index is 12.9. The molecule has 1 spiro atoms. The zero-order valence-electron chi connectivity index (χ0n) is 23.6. The molecular formula is C29H36F3N5O3S2. The zero-order chi connectivity index (χ0) is 29.7. The summed E-state index contributed by atoms with van der Waals surface area (Å²) in [7, 11) is -3.17. The second-order valence-electron chi connectivity index (χ2n) is 12.3. The van der Waals surface area contributed by atoms with Gasteiger partial charge in [-0.2, -0.15) is 17.5 Å². The van der Waals surface area contributed by atoms with E-state index in [-0.39, 0.29) is 10.3 Å². The van der Waals surface area contributed by atoms with Gasteiger partial charge in [-0.15, -0.1) is 11.3 Å². The molecule has 0 bridgehead atoms. The molecule has 0 amide bonds. The minimum atomic E-state index is -4.24. The van der Waals surface area contributed by atoms with Gasteiger partial charge in [-0.25, -0.2) is 18.4 Å². The van der Waals surface area contributed by atoms with Crippen molar-refractivity contribution in [1.82, 2.24) is 19.2 Å². The quantitative estimate of drug-likeness (QED) is 0.401. The number of β-amino-alcohol motifs (C(OH)–C–C–N with tert-alkyl or cyclic N) is 1. The highest BCUT2D eigenvalue weighted by Gasteiger charge is 2.48. The summed E-state index contributed by atoms with van der Waals surface area (Å²) in [5, 5.41) is 11.5. The lowest BCUT2D eigenvalue weighted by Crippen LogP contribution is -2.49. The van der Waals surface area contributed by atoms with Gasteiger partial charge in [0.15, 0.2) is 0 Å². The number of aromatic nitrogens is 2. The van der Waals surface area contributed by atoms with Crippen LogP contribution in [-0.2, 0) is 22.9 Å². The Bertz CT molecular complexity index is 1520. The molecule has 6 rings (SSSR count). The first-order valence-electron chi connectivity index (χ1n) is 14.4. The molecule has 228 valence electrons. The molecule has 2 saturated heterocycles. The molecule has 13 heteroatoms. The molecule has 1 saturated carbocycles. The van der Waals surface area contributed by atoms with Crippen LogP contribution in [0.1, 0.15) is 41.4 Å². The Kier molecular flexibility index (Phi) is 8.01. The van der Waals surface area contributed by atoms with Gasteiger partial charge in [0, 0.05) is 50.7 Å². The van der Waals surface area contributed by atoms with E-state index in [1.165, 1.54) is 22.5 Å². The summed E-state index contributed by atoms with van der Waals surface area (Å²) in [6.07, 6.45) is 1.15. The van der Waals surface area contributed by atoms with Crippen molar-refractivity contribution in [2.45, 2.75) is 44.4 Å². The molecule has 1 aromatic carbocycles. The van der Waals surface area contributed by atoms with Crippen LogP contribution < -0.4 is 4.90 Å². The predicted molar refractivity (Wildman–Crippen MR) is 157 cm³/mol. The van der Waals surface area contributed by atoms with Crippen molar-refractivity contribution in [2.75, 3.05) is 57.0 Å². The van der Waals surface area contributed by atoms with Gasteiger partial charge in [0.2, 0.25) is 10.0 Å². The highest BCUT2D eigenvalue weighted by Crippen LogP contribution is 2.53. The van der Waals surface area contributed by atoms with Crippen LogP contribution in [0.15, 0.2) is 36.7 Å². The Morgan fingerprint density at radius 2 is 1.81 bits per heavy atom. The van der Waals surface area contributed by atoms with Crippen LogP contribution in [0.4, 0.5) is 19.0 Å². The first-order valence-corrected chi connectivity index (χ1v) is 17.0. The smallest absolute Gasteiger partial charge is 0.387 e. The van der Waals surface area contributed by atoms with Gasteiger partial charge in [0.05, 0.1) is 24.2 Å². The van der Waals surface area contributed by atoms with Crippen LogP contribution >= 0.6 is 11.3 Å². The van der Waals surface area contributed by atoms with Crippen molar-refractivity contribution in [1.29, 1.82) is 0 Å². The maximum absolute atomic E-state index is 12.9. The number of hydrogen-bond donors (Lipinski definition) is 1. The first-order chi connectivity index (χ1) is 19.9. The minimum absolute atomic E-state index is 0.226. The van der Waals surface area contributed by atoms with Crippen LogP contribution in [0, 0.1) is 11.3 Å². The Morgan fingerprint density at radius 3 is 2.48 bits per heavy atom. The summed E-state index contributed by atoms with van der Waals surface area (Å²) in [6.45, 7) is 4.31. The Balaban J connectivity index is 0.996. The molecule has 3 aromatic rings. The van der Waals surface area contributed by atoms with E-state index in [9.17, 15) is 26.7 Å². The molecule has 2 aromatic heterocycles. The van der Waals surface area contributed by atoms with E-state index in [0.29, 0.717) is 48.9 Å². The van der Waals surface area contributed by atoms with E-state index in [1.807, 2.05) is 12.1 Å². The van der Waals surface area contributed by atoms with Gasteiger partial charge in [0.1, 0.15) is 17.0 Å². The minimum Gasteiger partial charge on any atom is -0.387 e. The molecule has 2 aliphatic heterocycles. The van der Waals surface area contributed by atoms with Crippen LogP contribution in [0.5, 0.6) is 0 Å². The molecule has 3 aliphatic rings. The molecule has 3 fully saturated rings. The second kappa shape index (κ2) is 11.3. The van der Waals surface area contributed by atoms with E-state index in [0.717, 1.165) is 61.5 Å². The zero-order valence-corrected chi connectivity index (χ0v) is 25.2. The number of halogens is 3. The maximum Gasteiger partial charge on any atom is 0.393 e. The van der Waals surface area contributed by atoms with Gasteiger partial charge in [-0.1, -0.05) is 24.3 Å². The fraction of sp³-hybridized carbons (Fsp3) is 0.586. The first kappa shape index (κ1) is 29.7. The molecule has 8 nitrogen and oxygen atoms in total. The summed E-state index contributed by atoms with van der Waals surface area (Å²) >= 11 is 1.09. The number of sulfonamides is 1.